The van der Waals surface area contributed by atoms with Gasteiger partial charge in [0.05, 0.1) is 7.11 Å². The predicted molar refractivity (Wildman–Crippen MR) is 70.6 cm³/mol. The Morgan fingerprint density at radius 1 is 1.16 bits per heavy atom. The molecule has 0 atom stereocenters. The molecular weight excluding hydrogens is 246 g/mol. The van der Waals surface area contributed by atoms with Crippen LogP contribution in [0.3, 0.4) is 0 Å². The number of hydrogen-bond acceptors (Lipinski definition) is 8. The van der Waals surface area contributed by atoms with Gasteiger partial charge >= 0.3 is 6.01 Å². The SMILES string of the molecule is COc1nc(NN)nc(NCCc2ccncc2)n1. The highest BCUT2D eigenvalue weighted by atomic mass is 16.5. The van der Waals surface area contributed by atoms with Crippen LogP contribution in [-0.2, 0) is 6.42 Å². The maximum Gasteiger partial charge on any atom is 0.322 e. The minimum atomic E-state index is 0.203. The molecule has 0 saturated heterocycles. The van der Waals surface area contributed by atoms with Crippen LogP contribution < -0.4 is 21.3 Å². The fourth-order valence-corrected chi connectivity index (χ4v) is 1.46. The van der Waals surface area contributed by atoms with E-state index in [4.69, 9.17) is 10.6 Å². The molecule has 0 aliphatic rings. The molecule has 2 aromatic heterocycles. The Morgan fingerprint density at radius 2 is 1.89 bits per heavy atom. The molecule has 0 radical (unpaired) electrons. The highest BCUT2D eigenvalue weighted by Gasteiger charge is 2.05. The first-order valence-electron chi connectivity index (χ1n) is 5.71. The largest absolute Gasteiger partial charge is 0.467 e. The van der Waals surface area contributed by atoms with Gasteiger partial charge in [0.2, 0.25) is 11.9 Å². The Balaban J connectivity index is 1.95. The molecule has 2 heterocycles. The first kappa shape index (κ1) is 13.0. The van der Waals surface area contributed by atoms with Gasteiger partial charge < -0.3 is 10.1 Å². The van der Waals surface area contributed by atoms with Gasteiger partial charge in [-0.3, -0.25) is 10.4 Å². The second-order valence-electron chi connectivity index (χ2n) is 3.65. The van der Waals surface area contributed by atoms with Crippen molar-refractivity contribution in [3.8, 4) is 6.01 Å². The summed E-state index contributed by atoms with van der Waals surface area (Å²) in [7, 11) is 1.48. The molecule has 2 rings (SSSR count). The lowest BCUT2D eigenvalue weighted by Crippen LogP contribution is -2.15. The molecule has 0 aliphatic carbocycles. The average molecular weight is 261 g/mol. The molecule has 2 aromatic rings. The van der Waals surface area contributed by atoms with Crippen molar-refractivity contribution in [2.24, 2.45) is 5.84 Å². The van der Waals surface area contributed by atoms with E-state index in [1.807, 2.05) is 12.1 Å². The van der Waals surface area contributed by atoms with Crippen LogP contribution in [0, 0.1) is 0 Å². The molecule has 0 unspecified atom stereocenters. The molecule has 0 bridgehead atoms. The minimum absolute atomic E-state index is 0.203. The molecule has 8 heteroatoms. The number of anilines is 2. The van der Waals surface area contributed by atoms with Crippen LogP contribution >= 0.6 is 0 Å². The summed E-state index contributed by atoms with van der Waals surface area (Å²) in [6, 6.07) is 4.12. The Labute approximate surface area is 110 Å². The summed E-state index contributed by atoms with van der Waals surface area (Å²) in [4.78, 5) is 16.0. The van der Waals surface area contributed by atoms with Crippen molar-refractivity contribution in [1.29, 1.82) is 0 Å². The number of hydrazine groups is 1. The van der Waals surface area contributed by atoms with Crippen LogP contribution in [-0.4, -0.2) is 33.6 Å². The summed E-state index contributed by atoms with van der Waals surface area (Å²) in [5.74, 6) is 5.93. The maximum absolute atomic E-state index is 5.27. The van der Waals surface area contributed by atoms with Crippen molar-refractivity contribution in [1.82, 2.24) is 19.9 Å². The molecule has 0 aromatic carbocycles. The van der Waals surface area contributed by atoms with E-state index in [9.17, 15) is 0 Å². The van der Waals surface area contributed by atoms with Crippen molar-refractivity contribution >= 4 is 11.9 Å². The minimum Gasteiger partial charge on any atom is -0.467 e. The van der Waals surface area contributed by atoms with Gasteiger partial charge in [-0.1, -0.05) is 0 Å². The number of methoxy groups -OCH3 is 1. The van der Waals surface area contributed by atoms with Gasteiger partial charge in [-0.05, 0) is 24.1 Å². The first-order valence-corrected chi connectivity index (χ1v) is 5.71. The number of nitrogens with zero attached hydrogens (tertiary/aromatic N) is 4. The second-order valence-corrected chi connectivity index (χ2v) is 3.65. The number of ether oxygens (including phenoxy) is 1. The van der Waals surface area contributed by atoms with Crippen LogP contribution in [0.15, 0.2) is 24.5 Å². The molecule has 0 amide bonds. The second kappa shape index (κ2) is 6.45. The van der Waals surface area contributed by atoms with Gasteiger partial charge in [-0.25, -0.2) is 5.84 Å². The Kier molecular flexibility index (Phi) is 4.40. The molecule has 8 nitrogen and oxygen atoms in total. The quantitative estimate of drug-likeness (QED) is 0.500. The van der Waals surface area contributed by atoms with E-state index in [1.54, 1.807) is 12.4 Å². The number of nitrogen functional groups attached to an aromatic ring is 1. The van der Waals surface area contributed by atoms with Crippen molar-refractivity contribution < 1.29 is 4.74 Å². The van der Waals surface area contributed by atoms with Crippen LogP contribution in [0.5, 0.6) is 6.01 Å². The molecule has 0 saturated carbocycles. The van der Waals surface area contributed by atoms with Gasteiger partial charge in [-0.2, -0.15) is 15.0 Å². The Hall–Kier alpha value is -2.48. The molecule has 0 spiro atoms. The van der Waals surface area contributed by atoms with Gasteiger partial charge in [0.15, 0.2) is 0 Å². The number of aromatic nitrogens is 4. The van der Waals surface area contributed by atoms with E-state index >= 15 is 0 Å². The third-order valence-corrected chi connectivity index (χ3v) is 2.37. The predicted octanol–water partition coefficient (Wildman–Crippen LogP) is 0.215. The molecule has 4 N–H and O–H groups in total. The first-order chi connectivity index (χ1) is 9.31. The van der Waals surface area contributed by atoms with E-state index in [1.165, 1.54) is 12.7 Å². The summed E-state index contributed by atoms with van der Waals surface area (Å²) in [6.07, 6.45) is 4.36. The number of pyridine rings is 1. The molecule has 100 valence electrons. The highest BCUT2D eigenvalue weighted by Crippen LogP contribution is 2.09. The summed E-state index contributed by atoms with van der Waals surface area (Å²) in [5.41, 5.74) is 3.54. The van der Waals surface area contributed by atoms with Gasteiger partial charge in [0.1, 0.15) is 0 Å². The van der Waals surface area contributed by atoms with Crippen LogP contribution in [0.4, 0.5) is 11.9 Å². The van der Waals surface area contributed by atoms with Crippen LogP contribution in [0.2, 0.25) is 0 Å². The molecule has 19 heavy (non-hydrogen) atoms. The van der Waals surface area contributed by atoms with Gasteiger partial charge in [0, 0.05) is 18.9 Å². The molecular formula is C11H15N7O. The van der Waals surface area contributed by atoms with Crippen LogP contribution in [0.25, 0.3) is 0 Å². The summed E-state index contributed by atoms with van der Waals surface area (Å²) < 4.78 is 4.96. The molecule has 0 aliphatic heterocycles. The van der Waals surface area contributed by atoms with E-state index in [0.29, 0.717) is 12.5 Å². The lowest BCUT2D eigenvalue weighted by molar-refractivity contribution is 0.379. The topological polar surface area (TPSA) is 111 Å². The van der Waals surface area contributed by atoms with E-state index in [-0.39, 0.29) is 12.0 Å². The normalized spacial score (nSPS) is 10.0. The number of nitrogens with one attached hydrogen (secondary N) is 2. The van der Waals surface area contributed by atoms with Gasteiger partial charge in [0.25, 0.3) is 0 Å². The monoisotopic (exact) mass is 261 g/mol. The average Bonchev–Trinajstić information content (AvgIpc) is 2.48. The van der Waals surface area contributed by atoms with Gasteiger partial charge in [-0.15, -0.1) is 0 Å². The van der Waals surface area contributed by atoms with Crippen molar-refractivity contribution in [3.63, 3.8) is 0 Å². The lowest BCUT2D eigenvalue weighted by Gasteiger charge is -2.07. The van der Waals surface area contributed by atoms with E-state index in [0.717, 1.165) is 6.42 Å². The maximum atomic E-state index is 5.27. The molecule has 0 fully saturated rings. The Bertz CT molecular complexity index is 497. The zero-order valence-electron chi connectivity index (χ0n) is 10.5. The van der Waals surface area contributed by atoms with Crippen molar-refractivity contribution in [2.45, 2.75) is 6.42 Å². The fourth-order valence-electron chi connectivity index (χ4n) is 1.46. The van der Waals surface area contributed by atoms with Crippen LogP contribution in [0.1, 0.15) is 5.56 Å². The third kappa shape index (κ3) is 3.75. The van der Waals surface area contributed by atoms with E-state index in [2.05, 4.69) is 30.7 Å². The Morgan fingerprint density at radius 3 is 2.58 bits per heavy atom. The summed E-state index contributed by atoms with van der Waals surface area (Å²) in [6.45, 7) is 0.682. The standard InChI is InChI=1S/C11H15N7O/c1-19-11-16-9(15-10(17-11)18-12)14-7-4-8-2-5-13-6-3-8/h2-3,5-6H,4,7,12H2,1H3,(H2,14,15,16,17,18). The number of nitrogens with two attached hydrogens (primary N) is 1. The smallest absolute Gasteiger partial charge is 0.322 e. The zero-order valence-corrected chi connectivity index (χ0v) is 10.5. The number of hydrogen-bond donors (Lipinski definition) is 3. The van der Waals surface area contributed by atoms with Crippen molar-refractivity contribution in [3.05, 3.63) is 30.1 Å². The summed E-state index contributed by atoms with van der Waals surface area (Å²) in [5, 5.41) is 3.08. The van der Waals surface area contributed by atoms with E-state index < -0.39 is 0 Å². The zero-order chi connectivity index (χ0) is 13.5. The lowest BCUT2D eigenvalue weighted by atomic mass is 10.2. The fraction of sp³-hybridized carbons (Fsp3) is 0.273. The highest BCUT2D eigenvalue weighted by molar-refractivity contribution is 5.35. The summed E-state index contributed by atoms with van der Waals surface area (Å²) >= 11 is 0. The number of rotatable bonds is 6. The third-order valence-electron chi connectivity index (χ3n) is 2.37. The van der Waals surface area contributed by atoms with Crippen molar-refractivity contribution in [2.75, 3.05) is 24.4 Å².